The van der Waals surface area contributed by atoms with Gasteiger partial charge in [-0.3, -0.25) is 0 Å². The van der Waals surface area contributed by atoms with Crippen molar-refractivity contribution in [2.45, 2.75) is 59.3 Å². The van der Waals surface area contributed by atoms with Gasteiger partial charge < -0.3 is 11.1 Å². The van der Waals surface area contributed by atoms with Crippen LogP contribution in [0.4, 0.5) is 0 Å². The van der Waals surface area contributed by atoms with Crippen molar-refractivity contribution in [3.8, 4) is 0 Å². The second kappa shape index (κ2) is 6.02. The van der Waals surface area contributed by atoms with Gasteiger partial charge in [0.05, 0.1) is 0 Å². The fourth-order valence-corrected chi connectivity index (χ4v) is 2.67. The summed E-state index contributed by atoms with van der Waals surface area (Å²) in [4.78, 5) is 0. The smallest absolute Gasteiger partial charge is 0.0000121 e. The molecule has 2 nitrogen and oxygen atoms in total. The normalized spacial score (nSPS) is 21.0. The molecule has 1 fully saturated rings. The third kappa shape index (κ3) is 4.84. The third-order valence-electron chi connectivity index (χ3n) is 3.83. The van der Waals surface area contributed by atoms with Crippen LogP contribution in [0.3, 0.4) is 0 Å². The maximum atomic E-state index is 5.98. The summed E-state index contributed by atoms with van der Waals surface area (Å²) in [6.07, 6.45) is 8.14. The summed E-state index contributed by atoms with van der Waals surface area (Å²) in [6.45, 7) is 9.95. The predicted octanol–water partition coefficient (Wildman–Crippen LogP) is 2.92. The molecule has 1 aliphatic carbocycles. The highest BCUT2D eigenvalue weighted by atomic mass is 14.9. The van der Waals surface area contributed by atoms with Crippen LogP contribution in [0, 0.1) is 10.8 Å². The molecule has 0 saturated heterocycles. The molecule has 0 aliphatic heterocycles. The van der Waals surface area contributed by atoms with E-state index in [1.165, 1.54) is 38.5 Å². The zero-order chi connectivity index (χ0) is 12.1. The van der Waals surface area contributed by atoms with E-state index in [-0.39, 0.29) is 0 Å². The lowest BCUT2D eigenvalue weighted by Gasteiger charge is -2.36. The lowest BCUT2D eigenvalue weighted by Crippen LogP contribution is -2.37. The van der Waals surface area contributed by atoms with Crippen LogP contribution in [0.25, 0.3) is 0 Å². The highest BCUT2D eigenvalue weighted by Gasteiger charge is 2.29. The maximum Gasteiger partial charge on any atom is -0.0000121 e. The number of hydrogen-bond acceptors (Lipinski definition) is 2. The summed E-state index contributed by atoms with van der Waals surface area (Å²) >= 11 is 0. The molecule has 0 bridgehead atoms. The molecular formula is C14H30N2. The van der Waals surface area contributed by atoms with Crippen LogP contribution in [0.5, 0.6) is 0 Å². The SMILES string of the molecule is CC(C)(C)CNCCC1(CN)CCCCC1. The molecular weight excluding hydrogens is 196 g/mol. The molecule has 3 N–H and O–H groups in total. The molecule has 96 valence electrons. The van der Waals surface area contributed by atoms with E-state index >= 15 is 0 Å². The largest absolute Gasteiger partial charge is 0.330 e. The molecule has 0 amide bonds. The molecule has 0 aromatic carbocycles. The van der Waals surface area contributed by atoms with Crippen molar-refractivity contribution in [3.05, 3.63) is 0 Å². The standard InChI is InChI=1S/C14H30N2/c1-13(2,3)12-16-10-9-14(11-15)7-5-4-6-8-14/h16H,4-12,15H2,1-3H3. The zero-order valence-electron chi connectivity index (χ0n) is 11.4. The van der Waals surface area contributed by atoms with Crippen LogP contribution in [0.1, 0.15) is 59.3 Å². The zero-order valence-corrected chi connectivity index (χ0v) is 11.4. The van der Waals surface area contributed by atoms with Gasteiger partial charge in [0, 0.05) is 0 Å². The molecule has 16 heavy (non-hydrogen) atoms. The van der Waals surface area contributed by atoms with Gasteiger partial charge in [0.2, 0.25) is 0 Å². The van der Waals surface area contributed by atoms with Gasteiger partial charge in [-0.1, -0.05) is 40.0 Å². The number of hydrogen-bond donors (Lipinski definition) is 2. The molecule has 0 radical (unpaired) electrons. The van der Waals surface area contributed by atoms with Crippen molar-refractivity contribution in [2.75, 3.05) is 19.6 Å². The van der Waals surface area contributed by atoms with Crippen LogP contribution in [0.15, 0.2) is 0 Å². The van der Waals surface area contributed by atoms with Gasteiger partial charge in [-0.05, 0) is 49.7 Å². The van der Waals surface area contributed by atoms with E-state index in [2.05, 4.69) is 26.1 Å². The van der Waals surface area contributed by atoms with Gasteiger partial charge in [0.25, 0.3) is 0 Å². The van der Waals surface area contributed by atoms with Crippen LogP contribution < -0.4 is 11.1 Å². The van der Waals surface area contributed by atoms with Crippen molar-refractivity contribution in [3.63, 3.8) is 0 Å². The number of rotatable bonds is 5. The Morgan fingerprint density at radius 1 is 1.12 bits per heavy atom. The molecule has 1 rings (SSSR count). The van der Waals surface area contributed by atoms with E-state index in [1.807, 2.05) is 0 Å². The molecule has 1 saturated carbocycles. The van der Waals surface area contributed by atoms with Crippen molar-refractivity contribution >= 4 is 0 Å². The van der Waals surface area contributed by atoms with E-state index in [9.17, 15) is 0 Å². The minimum atomic E-state index is 0.391. The molecule has 0 heterocycles. The van der Waals surface area contributed by atoms with Crippen LogP contribution in [-0.4, -0.2) is 19.6 Å². The summed E-state index contributed by atoms with van der Waals surface area (Å²) in [5.74, 6) is 0. The summed E-state index contributed by atoms with van der Waals surface area (Å²) in [6, 6.07) is 0. The van der Waals surface area contributed by atoms with Gasteiger partial charge in [-0.25, -0.2) is 0 Å². The quantitative estimate of drug-likeness (QED) is 0.707. The Bertz CT molecular complexity index is 187. The topological polar surface area (TPSA) is 38.0 Å². The minimum absolute atomic E-state index is 0.391. The molecule has 0 aromatic heterocycles. The van der Waals surface area contributed by atoms with Crippen molar-refractivity contribution in [2.24, 2.45) is 16.6 Å². The van der Waals surface area contributed by atoms with Crippen LogP contribution >= 0.6 is 0 Å². The fraction of sp³-hybridized carbons (Fsp3) is 1.00. The van der Waals surface area contributed by atoms with Crippen molar-refractivity contribution in [1.82, 2.24) is 5.32 Å². The Balaban J connectivity index is 2.23. The first kappa shape index (κ1) is 14.0. The van der Waals surface area contributed by atoms with E-state index in [4.69, 9.17) is 5.73 Å². The molecule has 0 atom stereocenters. The Hall–Kier alpha value is -0.0800. The van der Waals surface area contributed by atoms with Gasteiger partial charge in [0.15, 0.2) is 0 Å². The Morgan fingerprint density at radius 3 is 2.25 bits per heavy atom. The van der Waals surface area contributed by atoms with E-state index in [0.717, 1.165) is 19.6 Å². The van der Waals surface area contributed by atoms with Crippen molar-refractivity contribution in [1.29, 1.82) is 0 Å². The fourth-order valence-electron chi connectivity index (χ4n) is 2.67. The summed E-state index contributed by atoms with van der Waals surface area (Å²) in [5.41, 5.74) is 6.83. The lowest BCUT2D eigenvalue weighted by molar-refractivity contribution is 0.179. The summed E-state index contributed by atoms with van der Waals surface area (Å²) < 4.78 is 0. The highest BCUT2D eigenvalue weighted by Crippen LogP contribution is 2.37. The van der Waals surface area contributed by atoms with Gasteiger partial charge >= 0.3 is 0 Å². The monoisotopic (exact) mass is 226 g/mol. The molecule has 2 heteroatoms. The van der Waals surface area contributed by atoms with Crippen molar-refractivity contribution < 1.29 is 0 Å². The number of nitrogens with one attached hydrogen (secondary N) is 1. The van der Waals surface area contributed by atoms with Gasteiger partial charge in [0.1, 0.15) is 0 Å². The average molecular weight is 226 g/mol. The third-order valence-corrected chi connectivity index (χ3v) is 3.83. The average Bonchev–Trinajstić information content (AvgIpc) is 2.25. The predicted molar refractivity (Wildman–Crippen MR) is 71.5 cm³/mol. The van der Waals surface area contributed by atoms with E-state index in [1.54, 1.807) is 0 Å². The first-order valence-electron chi connectivity index (χ1n) is 6.88. The molecule has 0 spiro atoms. The summed E-state index contributed by atoms with van der Waals surface area (Å²) in [7, 11) is 0. The second-order valence-corrected chi connectivity index (χ2v) is 6.75. The molecule has 0 aromatic rings. The number of nitrogens with two attached hydrogens (primary N) is 1. The Morgan fingerprint density at radius 2 is 1.75 bits per heavy atom. The first-order chi connectivity index (χ1) is 7.47. The van der Waals surface area contributed by atoms with Gasteiger partial charge in [-0.15, -0.1) is 0 Å². The van der Waals surface area contributed by atoms with Crippen LogP contribution in [-0.2, 0) is 0 Å². The van der Waals surface area contributed by atoms with Gasteiger partial charge in [-0.2, -0.15) is 0 Å². The second-order valence-electron chi connectivity index (χ2n) is 6.75. The summed E-state index contributed by atoms with van der Waals surface area (Å²) in [5, 5.41) is 3.58. The maximum absolute atomic E-state index is 5.98. The van der Waals surface area contributed by atoms with E-state index in [0.29, 0.717) is 10.8 Å². The van der Waals surface area contributed by atoms with E-state index < -0.39 is 0 Å². The Labute approximate surface area is 101 Å². The first-order valence-corrected chi connectivity index (χ1v) is 6.88. The van der Waals surface area contributed by atoms with Crippen LogP contribution in [0.2, 0.25) is 0 Å². The molecule has 1 aliphatic rings. The molecule has 0 unspecified atom stereocenters. The Kier molecular flexibility index (Phi) is 5.26. The highest BCUT2D eigenvalue weighted by molar-refractivity contribution is 4.84. The minimum Gasteiger partial charge on any atom is -0.330 e. The lowest BCUT2D eigenvalue weighted by atomic mass is 9.72.